The molecule has 0 atom stereocenters. The number of carbonyl (C=O) groups is 4. The van der Waals surface area contributed by atoms with E-state index in [1.807, 2.05) is 19.9 Å². The molecule has 28 heavy (non-hydrogen) atoms. The van der Waals surface area contributed by atoms with Gasteiger partial charge in [0.25, 0.3) is 5.91 Å². The summed E-state index contributed by atoms with van der Waals surface area (Å²) in [4.78, 5) is 50.2. The number of rotatable bonds is 6. The number of nitrogens with zero attached hydrogens (tertiary/aromatic N) is 2. The first-order chi connectivity index (χ1) is 13.3. The van der Waals surface area contributed by atoms with Crippen molar-refractivity contribution in [2.75, 3.05) is 13.2 Å². The Morgan fingerprint density at radius 3 is 2.54 bits per heavy atom. The molecule has 2 heterocycles. The first-order valence-corrected chi connectivity index (χ1v) is 9.84. The largest absolute Gasteiger partial charge is 0.456 e. The number of urea groups is 1. The summed E-state index contributed by atoms with van der Waals surface area (Å²) in [5.41, 5.74) is 1.61. The molecule has 1 spiro atoms. The van der Waals surface area contributed by atoms with E-state index in [1.54, 1.807) is 0 Å². The molecule has 3 aliphatic rings. The zero-order valence-corrected chi connectivity index (χ0v) is 16.2. The molecular formula is C20H25N3O5. The summed E-state index contributed by atoms with van der Waals surface area (Å²) in [5, 5.41) is 2.72. The lowest BCUT2D eigenvalue weighted by Gasteiger charge is -2.19. The van der Waals surface area contributed by atoms with Crippen molar-refractivity contribution in [3.05, 3.63) is 23.0 Å². The van der Waals surface area contributed by atoms with Gasteiger partial charge in [0, 0.05) is 23.0 Å². The number of Topliss-reactive ketones (excluding diaryl/α,β-unsaturated/α-hetero) is 1. The zero-order valence-electron chi connectivity index (χ0n) is 16.2. The normalized spacial score (nSPS) is 20.7. The summed E-state index contributed by atoms with van der Waals surface area (Å²) in [6.45, 7) is 2.99. The van der Waals surface area contributed by atoms with Gasteiger partial charge in [0.2, 0.25) is 5.78 Å². The van der Waals surface area contributed by atoms with Crippen LogP contribution in [0.5, 0.6) is 0 Å². The SMILES string of the molecule is Cc1cc(C(=O)COC(=O)CN2C(=O)NC3(CCCC3)C2=O)c(C)n1C1CC1. The average molecular weight is 387 g/mol. The number of imide groups is 1. The van der Waals surface area contributed by atoms with Crippen LogP contribution in [0.25, 0.3) is 0 Å². The van der Waals surface area contributed by atoms with Crippen molar-refractivity contribution >= 4 is 23.7 Å². The molecule has 3 fully saturated rings. The Morgan fingerprint density at radius 1 is 1.21 bits per heavy atom. The van der Waals surface area contributed by atoms with Crippen LogP contribution in [0, 0.1) is 13.8 Å². The molecule has 2 aliphatic carbocycles. The number of ether oxygens (including phenoxy) is 1. The number of amides is 3. The average Bonchev–Trinajstić information content (AvgIpc) is 3.22. The van der Waals surface area contributed by atoms with E-state index in [-0.39, 0.29) is 11.7 Å². The van der Waals surface area contributed by atoms with Crippen molar-refractivity contribution in [3.63, 3.8) is 0 Å². The van der Waals surface area contributed by atoms with Gasteiger partial charge in [0.05, 0.1) is 0 Å². The smallest absolute Gasteiger partial charge is 0.326 e. The number of aromatic nitrogens is 1. The van der Waals surface area contributed by atoms with Crippen LogP contribution in [0.2, 0.25) is 0 Å². The Hall–Kier alpha value is -2.64. The van der Waals surface area contributed by atoms with Gasteiger partial charge in [-0.3, -0.25) is 19.3 Å². The van der Waals surface area contributed by atoms with Crippen LogP contribution in [0.4, 0.5) is 4.79 Å². The Morgan fingerprint density at radius 2 is 1.89 bits per heavy atom. The monoisotopic (exact) mass is 387 g/mol. The second-order valence-corrected chi connectivity index (χ2v) is 8.08. The van der Waals surface area contributed by atoms with Crippen LogP contribution in [0.1, 0.15) is 66.3 Å². The summed E-state index contributed by atoms with van der Waals surface area (Å²) in [6, 6.07) is 1.72. The molecule has 3 amide bonds. The maximum atomic E-state index is 12.6. The molecule has 8 heteroatoms. The topological polar surface area (TPSA) is 97.7 Å². The molecular weight excluding hydrogens is 362 g/mol. The number of aryl methyl sites for hydroxylation is 1. The lowest BCUT2D eigenvalue weighted by Crippen LogP contribution is -2.44. The summed E-state index contributed by atoms with van der Waals surface area (Å²) in [7, 11) is 0. The first kappa shape index (κ1) is 18.7. The number of carbonyl (C=O) groups excluding carboxylic acids is 4. The Kier molecular flexibility index (Phi) is 4.51. The van der Waals surface area contributed by atoms with E-state index >= 15 is 0 Å². The molecule has 0 unspecified atom stereocenters. The van der Waals surface area contributed by atoms with Gasteiger partial charge in [0.15, 0.2) is 6.61 Å². The quantitative estimate of drug-likeness (QED) is 0.458. The van der Waals surface area contributed by atoms with Crippen LogP contribution in [0.15, 0.2) is 6.07 Å². The van der Waals surface area contributed by atoms with Crippen molar-refractivity contribution in [2.24, 2.45) is 0 Å². The standard InChI is InChI=1S/C20H25N3O5/c1-12-9-15(13(2)23(12)14-5-6-14)16(24)11-28-17(25)10-22-18(26)20(21-19(22)27)7-3-4-8-20/h9,14H,3-8,10-11H2,1-2H3,(H,21,27). The highest BCUT2D eigenvalue weighted by atomic mass is 16.5. The highest BCUT2D eigenvalue weighted by Gasteiger charge is 2.52. The van der Waals surface area contributed by atoms with Crippen LogP contribution in [0.3, 0.4) is 0 Å². The van der Waals surface area contributed by atoms with E-state index in [2.05, 4.69) is 9.88 Å². The molecule has 8 nitrogen and oxygen atoms in total. The van der Waals surface area contributed by atoms with Gasteiger partial charge in [-0.2, -0.15) is 0 Å². The van der Waals surface area contributed by atoms with Crippen molar-refractivity contribution in [1.82, 2.24) is 14.8 Å². The molecule has 2 saturated carbocycles. The molecule has 0 bridgehead atoms. The molecule has 1 aromatic rings. The molecule has 1 N–H and O–H groups in total. The zero-order chi connectivity index (χ0) is 20.1. The van der Waals surface area contributed by atoms with Crippen molar-refractivity contribution < 1.29 is 23.9 Å². The lowest BCUT2D eigenvalue weighted by atomic mass is 9.98. The summed E-state index contributed by atoms with van der Waals surface area (Å²) in [6.07, 6.45) is 5.17. The summed E-state index contributed by atoms with van der Waals surface area (Å²) < 4.78 is 7.23. The summed E-state index contributed by atoms with van der Waals surface area (Å²) in [5.74, 6) is -1.41. The molecule has 150 valence electrons. The fourth-order valence-electron chi connectivity index (χ4n) is 4.49. The Labute approximate surface area is 163 Å². The minimum atomic E-state index is -0.854. The molecule has 4 rings (SSSR count). The minimum Gasteiger partial charge on any atom is -0.456 e. The first-order valence-electron chi connectivity index (χ1n) is 9.84. The van der Waals surface area contributed by atoms with Crippen LogP contribution < -0.4 is 5.32 Å². The molecule has 1 aromatic heterocycles. The van der Waals surface area contributed by atoms with Crippen LogP contribution >= 0.6 is 0 Å². The van der Waals surface area contributed by atoms with Gasteiger partial charge in [0.1, 0.15) is 12.1 Å². The highest BCUT2D eigenvalue weighted by molar-refractivity contribution is 6.09. The molecule has 1 aliphatic heterocycles. The van der Waals surface area contributed by atoms with Gasteiger partial charge in [-0.25, -0.2) is 4.79 Å². The van der Waals surface area contributed by atoms with E-state index in [9.17, 15) is 19.2 Å². The molecule has 0 radical (unpaired) electrons. The third kappa shape index (κ3) is 3.10. The maximum absolute atomic E-state index is 12.6. The van der Waals surface area contributed by atoms with E-state index in [0.717, 1.165) is 42.0 Å². The number of esters is 1. The van der Waals surface area contributed by atoms with E-state index in [4.69, 9.17) is 4.74 Å². The van der Waals surface area contributed by atoms with Gasteiger partial charge < -0.3 is 14.6 Å². The lowest BCUT2D eigenvalue weighted by molar-refractivity contribution is -0.146. The second-order valence-electron chi connectivity index (χ2n) is 8.08. The number of hydrogen-bond donors (Lipinski definition) is 1. The fourth-order valence-corrected chi connectivity index (χ4v) is 4.49. The number of ketones is 1. The van der Waals surface area contributed by atoms with Crippen molar-refractivity contribution in [1.29, 1.82) is 0 Å². The molecule has 0 aromatic carbocycles. The third-order valence-corrected chi connectivity index (χ3v) is 6.05. The predicted octanol–water partition coefficient (Wildman–Crippen LogP) is 2.03. The van der Waals surface area contributed by atoms with E-state index < -0.39 is 30.7 Å². The van der Waals surface area contributed by atoms with E-state index in [0.29, 0.717) is 24.4 Å². The second kappa shape index (κ2) is 6.76. The third-order valence-electron chi connectivity index (χ3n) is 6.05. The summed E-state index contributed by atoms with van der Waals surface area (Å²) >= 11 is 0. The van der Waals surface area contributed by atoms with Crippen LogP contribution in [-0.4, -0.2) is 51.8 Å². The van der Waals surface area contributed by atoms with Gasteiger partial charge in [-0.15, -0.1) is 0 Å². The number of nitrogens with one attached hydrogen (secondary N) is 1. The molecule has 1 saturated heterocycles. The fraction of sp³-hybridized carbons (Fsp3) is 0.600. The van der Waals surface area contributed by atoms with Crippen molar-refractivity contribution in [2.45, 2.75) is 64.0 Å². The van der Waals surface area contributed by atoms with Crippen LogP contribution in [-0.2, 0) is 14.3 Å². The predicted molar refractivity (Wildman–Crippen MR) is 98.9 cm³/mol. The Bertz CT molecular complexity index is 861. The van der Waals surface area contributed by atoms with Gasteiger partial charge in [-0.05, 0) is 45.6 Å². The minimum absolute atomic E-state index is 0.280. The van der Waals surface area contributed by atoms with E-state index in [1.165, 1.54) is 0 Å². The van der Waals surface area contributed by atoms with Gasteiger partial charge in [-0.1, -0.05) is 12.8 Å². The Balaban J connectivity index is 1.35. The van der Waals surface area contributed by atoms with Crippen molar-refractivity contribution in [3.8, 4) is 0 Å². The van der Waals surface area contributed by atoms with Gasteiger partial charge >= 0.3 is 12.0 Å². The number of hydrogen-bond acceptors (Lipinski definition) is 5. The maximum Gasteiger partial charge on any atom is 0.326 e. The highest BCUT2D eigenvalue weighted by Crippen LogP contribution is 2.38.